The normalized spacial score (nSPS) is 11.2. The van der Waals surface area contributed by atoms with Crippen molar-refractivity contribution in [1.82, 2.24) is 0 Å². The number of sulfone groups is 1. The number of carbonyl (C=O) groups is 1. The summed E-state index contributed by atoms with van der Waals surface area (Å²) < 4.78 is 21.4. The van der Waals surface area contributed by atoms with Crippen LogP contribution in [0.2, 0.25) is 0 Å². The van der Waals surface area contributed by atoms with E-state index in [0.717, 1.165) is 0 Å². The molecule has 0 bridgehead atoms. The zero-order valence-corrected chi connectivity index (χ0v) is 18.6. The summed E-state index contributed by atoms with van der Waals surface area (Å²) in [6, 6.07) is 0. The third-order valence-corrected chi connectivity index (χ3v) is 3.32. The van der Waals surface area contributed by atoms with Gasteiger partial charge in [0.05, 0.1) is 0 Å². The third-order valence-electron chi connectivity index (χ3n) is 2.41. The predicted molar refractivity (Wildman–Crippen MR) is 90.0 cm³/mol. The van der Waals surface area contributed by atoms with Crippen molar-refractivity contribution in [2.75, 3.05) is 5.75 Å². The number of hydrogen-bond acceptors (Lipinski definition) is 3. The summed E-state index contributed by atoms with van der Waals surface area (Å²) in [6.45, 7) is 15.2. The molecule has 0 aliphatic carbocycles. The molecule has 3 nitrogen and oxygen atoms in total. The first-order chi connectivity index (χ1) is 9.19. The van der Waals surface area contributed by atoms with Crippen LogP contribution in [0.3, 0.4) is 0 Å². The van der Waals surface area contributed by atoms with E-state index in [0.29, 0.717) is 19.3 Å². The molecule has 1 radical (unpaired) electrons. The number of hydrogen-bond donors (Lipinski definition) is 0. The molecule has 5 heteroatoms. The van der Waals surface area contributed by atoms with Gasteiger partial charge in [-0.3, -0.25) is 19.1 Å². The van der Waals surface area contributed by atoms with Crippen LogP contribution in [-0.2, 0) is 47.3 Å². The molecule has 0 aliphatic rings. The molecule has 0 fully saturated rings. The summed E-state index contributed by atoms with van der Waals surface area (Å²) in [6.07, 6.45) is 4.63. The van der Waals surface area contributed by atoms with E-state index < -0.39 is 9.84 Å². The van der Waals surface area contributed by atoms with Crippen LogP contribution < -0.4 is 0 Å². The second-order valence-corrected chi connectivity index (χ2v) is 9.03. The maximum atomic E-state index is 11.4. The Kier molecular flexibility index (Phi) is 14.3. The largest absolute Gasteiger partial charge is 0.322 e. The van der Waals surface area contributed by atoms with E-state index in [1.54, 1.807) is 0 Å². The number of carbonyl (C=O) groups excluding carboxylic acids is 1. The van der Waals surface area contributed by atoms with Crippen LogP contribution in [0.1, 0.15) is 60.8 Å². The second kappa shape index (κ2) is 11.7. The SMILES string of the molecule is [CH2-]C#CC(C)(C)C.[CH2-]S(=O)(=O)CCCCC(=O)C(C)(C)C.[Y]. The Hall–Kier alpha value is 0.154. The van der Waals surface area contributed by atoms with Crippen LogP contribution in [0, 0.1) is 35.9 Å². The number of unbranched alkanes of at least 4 members (excludes halogenated alkanes) is 1. The van der Waals surface area contributed by atoms with Crippen molar-refractivity contribution in [2.24, 2.45) is 10.8 Å². The van der Waals surface area contributed by atoms with Crippen molar-refractivity contribution in [2.45, 2.75) is 60.8 Å². The smallest absolute Gasteiger partial charge is 0.138 e. The van der Waals surface area contributed by atoms with E-state index >= 15 is 0 Å². The molecule has 0 N–H and O–H groups in total. The molecule has 0 spiro atoms. The van der Waals surface area contributed by atoms with Gasteiger partial charge in [0.1, 0.15) is 5.78 Å². The Bertz CT molecular complexity index is 469. The topological polar surface area (TPSA) is 51.2 Å². The van der Waals surface area contributed by atoms with Crippen molar-refractivity contribution in [1.29, 1.82) is 0 Å². The average Bonchev–Trinajstić information content (AvgIpc) is 2.20. The average molecular weight is 403 g/mol. The van der Waals surface area contributed by atoms with Gasteiger partial charge in [0.2, 0.25) is 0 Å². The molecule has 127 valence electrons. The minimum atomic E-state index is -3.12. The van der Waals surface area contributed by atoms with Crippen LogP contribution in [-0.4, -0.2) is 20.0 Å². The molecule has 0 aliphatic heterocycles. The van der Waals surface area contributed by atoms with Crippen LogP contribution in [0.25, 0.3) is 0 Å². The molecule has 0 heterocycles. The van der Waals surface area contributed by atoms with Crippen LogP contribution in [0.15, 0.2) is 0 Å². The molecule has 0 aromatic rings. The van der Waals surface area contributed by atoms with Gasteiger partial charge in [-0.15, -0.1) is 0 Å². The quantitative estimate of drug-likeness (QED) is 0.398. The first-order valence-corrected chi connectivity index (χ1v) is 8.89. The molecule has 0 aromatic heterocycles. The van der Waals surface area contributed by atoms with E-state index in [4.69, 9.17) is 0 Å². The minimum absolute atomic E-state index is 0. The van der Waals surface area contributed by atoms with Crippen molar-refractivity contribution >= 4 is 15.6 Å². The van der Waals surface area contributed by atoms with Gasteiger partial charge in [-0.05, 0) is 12.8 Å². The van der Waals surface area contributed by atoms with Gasteiger partial charge in [0, 0.05) is 60.1 Å². The molecule has 0 atom stereocenters. The van der Waals surface area contributed by atoms with Crippen LogP contribution >= 0.6 is 0 Å². The van der Waals surface area contributed by atoms with E-state index in [1.807, 2.05) is 20.8 Å². The van der Waals surface area contributed by atoms with Gasteiger partial charge >= 0.3 is 0 Å². The molecular formula is C17H30O3SY-2. The third kappa shape index (κ3) is 22.4. The maximum Gasteiger partial charge on any atom is 0.138 e. The molecule has 0 aromatic carbocycles. The van der Waals surface area contributed by atoms with Crippen molar-refractivity contribution in [3.05, 3.63) is 13.2 Å². The molecule has 0 saturated carbocycles. The maximum absolute atomic E-state index is 11.4. The van der Waals surface area contributed by atoms with E-state index in [1.165, 1.54) is 0 Å². The summed E-state index contributed by atoms with van der Waals surface area (Å²) in [5.41, 5.74) is -0.189. The summed E-state index contributed by atoms with van der Waals surface area (Å²) in [4.78, 5) is 11.4. The molecule has 0 rings (SSSR count). The zero-order chi connectivity index (χ0) is 17.3. The Morgan fingerprint density at radius 1 is 1.05 bits per heavy atom. The van der Waals surface area contributed by atoms with E-state index in [-0.39, 0.29) is 55.1 Å². The fraction of sp³-hybridized carbons (Fsp3) is 0.706. The van der Waals surface area contributed by atoms with Gasteiger partial charge in [-0.2, -0.15) is 6.92 Å². The molecule has 22 heavy (non-hydrogen) atoms. The van der Waals surface area contributed by atoms with Crippen LogP contribution in [0.5, 0.6) is 0 Å². The molecule has 0 amide bonds. The number of Topliss-reactive ketones (excluding diaryl/α,β-unsaturated/α-hetero) is 1. The first-order valence-electron chi connectivity index (χ1n) is 7.07. The van der Waals surface area contributed by atoms with E-state index in [2.05, 4.69) is 45.8 Å². The monoisotopic (exact) mass is 403 g/mol. The van der Waals surface area contributed by atoms with Gasteiger partial charge in [-0.25, -0.2) is 6.26 Å². The molecule has 0 saturated heterocycles. The standard InChI is InChI=1S/C10H19O3S.C7H11.Y/c1-10(2,3)9(11)7-5-6-8-14(4,12)13;1-5-6-7(2,3)4;/h4-8H2,1-3H3;1H2,2-4H3;/q2*-1;. The predicted octanol–water partition coefficient (Wildman–Crippen LogP) is 3.85. The van der Waals surface area contributed by atoms with Gasteiger partial charge in [0.15, 0.2) is 0 Å². The Labute approximate surface area is 163 Å². The Morgan fingerprint density at radius 2 is 1.50 bits per heavy atom. The second-order valence-electron chi connectivity index (χ2n) is 7.13. The number of rotatable bonds is 5. The minimum Gasteiger partial charge on any atom is -0.322 e. The Balaban J connectivity index is -0.000000385. The van der Waals surface area contributed by atoms with Gasteiger partial charge in [-0.1, -0.05) is 47.0 Å². The summed E-state index contributed by atoms with van der Waals surface area (Å²) in [7, 11) is -3.12. The van der Waals surface area contributed by atoms with Crippen LogP contribution in [0.4, 0.5) is 0 Å². The summed E-state index contributed by atoms with van der Waals surface area (Å²) >= 11 is 0. The summed E-state index contributed by atoms with van der Waals surface area (Å²) in [5.74, 6) is 5.78. The molecular weight excluding hydrogens is 373 g/mol. The van der Waals surface area contributed by atoms with Crippen molar-refractivity contribution < 1.29 is 45.9 Å². The number of ketones is 1. The fourth-order valence-corrected chi connectivity index (χ4v) is 1.89. The first kappa shape index (κ1) is 27.0. The zero-order valence-electron chi connectivity index (χ0n) is 15.0. The fourth-order valence-electron chi connectivity index (χ4n) is 1.25. The van der Waals surface area contributed by atoms with Gasteiger partial charge in [0.25, 0.3) is 0 Å². The summed E-state index contributed by atoms with van der Waals surface area (Å²) in [5, 5.41) is 0. The Morgan fingerprint density at radius 3 is 1.73 bits per heavy atom. The van der Waals surface area contributed by atoms with Crippen molar-refractivity contribution in [3.8, 4) is 11.8 Å². The molecule has 0 unspecified atom stereocenters. The van der Waals surface area contributed by atoms with Gasteiger partial charge < -0.3 is 5.92 Å². The van der Waals surface area contributed by atoms with Crippen molar-refractivity contribution in [3.63, 3.8) is 0 Å². The van der Waals surface area contributed by atoms with E-state index in [9.17, 15) is 13.2 Å².